The van der Waals surface area contributed by atoms with Crippen molar-refractivity contribution in [2.75, 3.05) is 14.2 Å². The lowest BCUT2D eigenvalue weighted by atomic mass is 10.0. The Balaban J connectivity index is 1.75. The molecule has 0 aliphatic rings. The van der Waals surface area contributed by atoms with E-state index < -0.39 is 23.7 Å². The Morgan fingerprint density at radius 2 is 1.66 bits per heavy atom. The summed E-state index contributed by atoms with van der Waals surface area (Å²) in [6, 6.07) is 19.4. The van der Waals surface area contributed by atoms with E-state index >= 15 is 0 Å². The van der Waals surface area contributed by atoms with E-state index in [-0.39, 0.29) is 6.42 Å². The summed E-state index contributed by atoms with van der Waals surface area (Å²) in [5, 5.41) is 2.80. The number of halogens is 1. The van der Waals surface area contributed by atoms with Gasteiger partial charge in [0.15, 0.2) is 11.5 Å². The molecule has 32 heavy (non-hydrogen) atoms. The van der Waals surface area contributed by atoms with Crippen LogP contribution in [0.25, 0.3) is 0 Å². The highest BCUT2D eigenvalue weighted by atomic mass is 19.1. The number of ether oxygens (including phenoxy) is 3. The third-order valence-corrected chi connectivity index (χ3v) is 4.84. The fourth-order valence-electron chi connectivity index (χ4n) is 3.10. The van der Waals surface area contributed by atoms with Gasteiger partial charge in [0.1, 0.15) is 12.4 Å². The number of nitrogens with one attached hydrogen (secondary N) is 1. The van der Waals surface area contributed by atoms with Crippen molar-refractivity contribution in [3.63, 3.8) is 0 Å². The van der Waals surface area contributed by atoms with E-state index in [4.69, 9.17) is 14.2 Å². The maximum absolute atomic E-state index is 13.3. The molecule has 0 heterocycles. The fourth-order valence-corrected chi connectivity index (χ4v) is 3.10. The van der Waals surface area contributed by atoms with E-state index in [0.717, 1.165) is 5.56 Å². The predicted molar refractivity (Wildman–Crippen MR) is 117 cm³/mol. The van der Waals surface area contributed by atoms with Gasteiger partial charge in [0.25, 0.3) is 5.91 Å². The normalized spacial score (nSPS) is 11.3. The SMILES string of the molecule is COC(=O)CC(NC(=O)c1ccc(OCc2ccccc2)c(OC)c1)c1ccc(F)cc1. The lowest BCUT2D eigenvalue weighted by molar-refractivity contribution is -0.141. The summed E-state index contributed by atoms with van der Waals surface area (Å²) in [7, 11) is 2.76. The summed E-state index contributed by atoms with van der Waals surface area (Å²) in [4.78, 5) is 24.7. The molecular formula is C25H24FNO5. The van der Waals surface area contributed by atoms with Crippen LogP contribution in [0.15, 0.2) is 72.8 Å². The second-order valence-electron chi connectivity index (χ2n) is 7.00. The van der Waals surface area contributed by atoms with Crippen molar-refractivity contribution in [2.24, 2.45) is 0 Å². The minimum Gasteiger partial charge on any atom is -0.493 e. The molecule has 166 valence electrons. The van der Waals surface area contributed by atoms with Crippen molar-refractivity contribution in [2.45, 2.75) is 19.1 Å². The van der Waals surface area contributed by atoms with Crippen molar-refractivity contribution >= 4 is 11.9 Å². The van der Waals surface area contributed by atoms with Gasteiger partial charge in [0, 0.05) is 5.56 Å². The van der Waals surface area contributed by atoms with Crippen LogP contribution in [-0.2, 0) is 16.1 Å². The Morgan fingerprint density at radius 3 is 2.31 bits per heavy atom. The van der Waals surface area contributed by atoms with Crippen molar-refractivity contribution in [1.82, 2.24) is 5.32 Å². The number of hydrogen-bond acceptors (Lipinski definition) is 5. The van der Waals surface area contributed by atoms with Gasteiger partial charge in [-0.05, 0) is 41.5 Å². The highest BCUT2D eigenvalue weighted by Gasteiger charge is 2.21. The van der Waals surface area contributed by atoms with Gasteiger partial charge in [-0.15, -0.1) is 0 Å². The van der Waals surface area contributed by atoms with Crippen LogP contribution in [0.4, 0.5) is 4.39 Å². The third kappa shape index (κ3) is 6.07. The summed E-state index contributed by atoms with van der Waals surface area (Å²) in [5.41, 5.74) is 1.91. The van der Waals surface area contributed by atoms with E-state index in [1.807, 2.05) is 30.3 Å². The second kappa shape index (κ2) is 10.9. The first kappa shape index (κ1) is 22.8. The van der Waals surface area contributed by atoms with Gasteiger partial charge < -0.3 is 19.5 Å². The summed E-state index contributed by atoms with van der Waals surface area (Å²) < 4.78 is 29.2. The Bertz CT molecular complexity index is 1050. The molecule has 0 saturated heterocycles. The van der Waals surface area contributed by atoms with E-state index in [2.05, 4.69) is 5.32 Å². The van der Waals surface area contributed by atoms with Crippen LogP contribution < -0.4 is 14.8 Å². The molecule has 1 amide bonds. The number of amides is 1. The number of carbonyl (C=O) groups excluding carboxylic acids is 2. The summed E-state index contributed by atoms with van der Waals surface area (Å²) in [5.74, 6) is -0.428. The number of hydrogen-bond donors (Lipinski definition) is 1. The summed E-state index contributed by atoms with van der Waals surface area (Å²) >= 11 is 0. The molecule has 0 aliphatic heterocycles. The van der Waals surface area contributed by atoms with Crippen LogP contribution in [-0.4, -0.2) is 26.1 Å². The Kier molecular flexibility index (Phi) is 7.80. The Morgan fingerprint density at radius 1 is 0.938 bits per heavy atom. The van der Waals surface area contributed by atoms with Crippen molar-refractivity contribution in [3.05, 3.63) is 95.3 Å². The van der Waals surface area contributed by atoms with Crippen molar-refractivity contribution in [1.29, 1.82) is 0 Å². The lowest BCUT2D eigenvalue weighted by Gasteiger charge is -2.19. The zero-order chi connectivity index (χ0) is 22.9. The van der Waals surface area contributed by atoms with Crippen molar-refractivity contribution in [3.8, 4) is 11.5 Å². The number of benzene rings is 3. The van der Waals surface area contributed by atoms with Crippen LogP contribution in [0.2, 0.25) is 0 Å². The van der Waals surface area contributed by atoms with Crippen LogP contribution >= 0.6 is 0 Å². The summed E-state index contributed by atoms with van der Waals surface area (Å²) in [6.45, 7) is 0.356. The highest BCUT2D eigenvalue weighted by molar-refractivity contribution is 5.95. The van der Waals surface area contributed by atoms with Crippen LogP contribution in [0.5, 0.6) is 11.5 Å². The van der Waals surface area contributed by atoms with Gasteiger partial charge in [0.05, 0.1) is 26.7 Å². The molecule has 0 aromatic heterocycles. The number of rotatable bonds is 9. The molecule has 3 aromatic carbocycles. The molecule has 1 N–H and O–H groups in total. The van der Waals surface area contributed by atoms with E-state index in [0.29, 0.717) is 29.2 Å². The van der Waals surface area contributed by atoms with E-state index in [1.165, 1.54) is 38.5 Å². The zero-order valence-electron chi connectivity index (χ0n) is 17.8. The molecule has 6 nitrogen and oxygen atoms in total. The van der Waals surface area contributed by atoms with E-state index in [1.54, 1.807) is 18.2 Å². The Hall–Kier alpha value is -3.87. The molecule has 7 heteroatoms. The lowest BCUT2D eigenvalue weighted by Crippen LogP contribution is -2.30. The largest absolute Gasteiger partial charge is 0.493 e. The third-order valence-electron chi connectivity index (χ3n) is 4.84. The molecule has 0 saturated carbocycles. The first-order valence-corrected chi connectivity index (χ1v) is 9.98. The van der Waals surface area contributed by atoms with Gasteiger partial charge in [-0.3, -0.25) is 9.59 Å². The van der Waals surface area contributed by atoms with Gasteiger partial charge in [-0.2, -0.15) is 0 Å². The van der Waals surface area contributed by atoms with E-state index in [9.17, 15) is 14.0 Å². The highest BCUT2D eigenvalue weighted by Crippen LogP contribution is 2.29. The Labute approximate surface area is 185 Å². The molecule has 0 bridgehead atoms. The maximum Gasteiger partial charge on any atom is 0.307 e. The smallest absolute Gasteiger partial charge is 0.307 e. The van der Waals surface area contributed by atoms with Crippen LogP contribution in [0, 0.1) is 5.82 Å². The fraction of sp³-hybridized carbons (Fsp3) is 0.200. The first-order chi connectivity index (χ1) is 15.5. The predicted octanol–water partition coefficient (Wildman–Crippen LogP) is 4.45. The number of carbonyl (C=O) groups is 2. The minimum atomic E-state index is -0.685. The second-order valence-corrected chi connectivity index (χ2v) is 7.00. The molecule has 0 radical (unpaired) electrons. The molecular weight excluding hydrogens is 413 g/mol. The van der Waals surface area contributed by atoms with Gasteiger partial charge >= 0.3 is 5.97 Å². The van der Waals surface area contributed by atoms with Gasteiger partial charge in [-0.25, -0.2) is 4.39 Å². The molecule has 1 unspecified atom stereocenters. The molecule has 0 fully saturated rings. The minimum absolute atomic E-state index is 0.0940. The molecule has 0 spiro atoms. The average molecular weight is 437 g/mol. The molecule has 1 atom stereocenters. The standard InChI is InChI=1S/C25H24FNO5/c1-30-23-14-19(10-13-22(23)32-16-17-6-4-3-5-7-17)25(29)27-21(15-24(28)31-2)18-8-11-20(26)12-9-18/h3-14,21H,15-16H2,1-2H3,(H,27,29). The monoisotopic (exact) mass is 437 g/mol. The molecule has 3 rings (SSSR count). The first-order valence-electron chi connectivity index (χ1n) is 9.98. The molecule has 0 aliphatic carbocycles. The van der Waals surface area contributed by atoms with Gasteiger partial charge in [-0.1, -0.05) is 42.5 Å². The topological polar surface area (TPSA) is 73.9 Å². The zero-order valence-corrected chi connectivity index (χ0v) is 17.8. The van der Waals surface area contributed by atoms with Crippen molar-refractivity contribution < 1.29 is 28.2 Å². The summed E-state index contributed by atoms with van der Waals surface area (Å²) in [6.07, 6.45) is -0.0940. The van der Waals surface area contributed by atoms with Crippen LogP contribution in [0.3, 0.4) is 0 Å². The quantitative estimate of drug-likeness (QED) is 0.501. The average Bonchev–Trinajstić information content (AvgIpc) is 2.83. The number of esters is 1. The maximum atomic E-state index is 13.3. The van der Waals surface area contributed by atoms with Gasteiger partial charge in [0.2, 0.25) is 0 Å². The number of methoxy groups -OCH3 is 2. The molecule has 3 aromatic rings. The van der Waals surface area contributed by atoms with Crippen LogP contribution in [0.1, 0.15) is 33.9 Å².